The third-order valence-corrected chi connectivity index (χ3v) is 5.58. The van der Waals surface area contributed by atoms with Crippen LogP contribution >= 0.6 is 0 Å². The maximum absolute atomic E-state index is 12.4. The molecule has 0 saturated carbocycles. The molecule has 1 rings (SSSR count). The lowest BCUT2D eigenvalue weighted by Crippen LogP contribution is -2.37. The van der Waals surface area contributed by atoms with Gasteiger partial charge >= 0.3 is 5.97 Å². The number of nitrogens with one attached hydrogen (secondary N) is 1. The number of esters is 1. The first-order valence-corrected chi connectivity index (χ1v) is 13.3. The summed E-state index contributed by atoms with van der Waals surface area (Å²) in [5.74, 6) is -0.836. The van der Waals surface area contributed by atoms with Crippen molar-refractivity contribution in [2.45, 2.75) is 70.8 Å². The highest BCUT2D eigenvalue weighted by Gasteiger charge is 2.26. The highest BCUT2D eigenvalue weighted by Crippen LogP contribution is 2.12. The van der Waals surface area contributed by atoms with E-state index in [1.165, 1.54) is 7.11 Å². The Labute approximate surface area is 223 Å². The average Bonchev–Trinajstić information content (AvgIpc) is 3.37. The van der Waals surface area contributed by atoms with Crippen molar-refractivity contribution in [2.75, 3.05) is 20.2 Å². The summed E-state index contributed by atoms with van der Waals surface area (Å²) >= 11 is 0. The topological polar surface area (TPSA) is 75.7 Å². The molecular formula is C31H44N2O4. The number of allylic oxidation sites excluding steroid dienone is 12. The Morgan fingerprint density at radius 1 is 0.784 bits per heavy atom. The quantitative estimate of drug-likeness (QED) is 0.151. The molecule has 0 unspecified atom stereocenters. The minimum atomic E-state index is -0.576. The minimum Gasteiger partial charge on any atom is -0.466 e. The van der Waals surface area contributed by atoms with E-state index < -0.39 is 5.97 Å². The fraction of sp³-hybridized carbons (Fsp3) is 0.452. The van der Waals surface area contributed by atoms with E-state index >= 15 is 0 Å². The molecule has 0 aliphatic carbocycles. The summed E-state index contributed by atoms with van der Waals surface area (Å²) in [5, 5.41) is 2.81. The molecule has 0 aromatic carbocycles. The summed E-state index contributed by atoms with van der Waals surface area (Å²) in [5.41, 5.74) is 0. The summed E-state index contributed by atoms with van der Waals surface area (Å²) in [7, 11) is 1.26. The van der Waals surface area contributed by atoms with E-state index in [1.54, 1.807) is 4.90 Å². The molecule has 6 nitrogen and oxygen atoms in total. The molecule has 1 aliphatic rings. The third-order valence-electron chi connectivity index (χ3n) is 5.58. The molecule has 0 aromatic rings. The molecule has 1 fully saturated rings. The van der Waals surface area contributed by atoms with Crippen molar-refractivity contribution in [2.24, 2.45) is 0 Å². The van der Waals surface area contributed by atoms with Crippen LogP contribution < -0.4 is 5.32 Å². The number of nitrogens with zero attached hydrogens (tertiary/aromatic N) is 1. The van der Waals surface area contributed by atoms with E-state index in [4.69, 9.17) is 0 Å². The molecule has 6 heteroatoms. The van der Waals surface area contributed by atoms with Crippen molar-refractivity contribution in [1.29, 1.82) is 0 Å². The van der Waals surface area contributed by atoms with Gasteiger partial charge in [-0.05, 0) is 51.4 Å². The highest BCUT2D eigenvalue weighted by atomic mass is 16.5. The van der Waals surface area contributed by atoms with Crippen LogP contribution in [0.15, 0.2) is 85.1 Å². The number of likely N-dealkylation sites (tertiary alicyclic amines) is 1. The molecule has 0 aromatic heterocycles. The van der Waals surface area contributed by atoms with E-state index in [0.717, 1.165) is 50.7 Å². The van der Waals surface area contributed by atoms with Gasteiger partial charge in [-0.2, -0.15) is 0 Å². The summed E-state index contributed by atoms with van der Waals surface area (Å²) < 4.78 is 4.46. The first kappa shape index (κ1) is 31.6. The fourth-order valence-corrected chi connectivity index (χ4v) is 3.57. The van der Waals surface area contributed by atoms with Gasteiger partial charge in [-0.15, -0.1) is 0 Å². The first-order chi connectivity index (χ1) is 18.1. The molecule has 1 heterocycles. The molecular weight excluding hydrogens is 464 g/mol. The van der Waals surface area contributed by atoms with Gasteiger partial charge in [-0.3, -0.25) is 9.59 Å². The lowest BCUT2D eigenvalue weighted by molar-refractivity contribution is -0.135. The molecule has 202 valence electrons. The van der Waals surface area contributed by atoms with Crippen LogP contribution in [0.1, 0.15) is 64.7 Å². The van der Waals surface area contributed by atoms with Gasteiger partial charge in [-0.1, -0.05) is 79.8 Å². The van der Waals surface area contributed by atoms with Crippen molar-refractivity contribution in [3.05, 3.63) is 85.1 Å². The zero-order valence-electron chi connectivity index (χ0n) is 22.5. The summed E-state index contributed by atoms with van der Waals surface area (Å²) in [6, 6.07) is -0.0929. The first-order valence-electron chi connectivity index (χ1n) is 13.3. The Morgan fingerprint density at radius 3 is 1.81 bits per heavy atom. The van der Waals surface area contributed by atoms with Crippen molar-refractivity contribution >= 4 is 17.8 Å². The maximum Gasteiger partial charge on any atom is 0.330 e. The smallest absolute Gasteiger partial charge is 0.330 e. The van der Waals surface area contributed by atoms with Crippen LogP contribution in [-0.4, -0.2) is 48.9 Å². The largest absolute Gasteiger partial charge is 0.466 e. The molecule has 1 N–H and O–H groups in total. The number of carbonyl (C=O) groups excluding carboxylic acids is 3. The lowest BCUT2D eigenvalue weighted by Gasteiger charge is -2.16. The maximum atomic E-state index is 12.4. The second-order valence-electron chi connectivity index (χ2n) is 8.64. The lowest BCUT2D eigenvalue weighted by atomic mass is 10.2. The van der Waals surface area contributed by atoms with Gasteiger partial charge in [0.1, 0.15) is 0 Å². The van der Waals surface area contributed by atoms with E-state index in [2.05, 4.69) is 83.8 Å². The predicted molar refractivity (Wildman–Crippen MR) is 152 cm³/mol. The summed E-state index contributed by atoms with van der Waals surface area (Å²) in [4.78, 5) is 37.0. The van der Waals surface area contributed by atoms with E-state index in [1.807, 2.05) is 6.08 Å². The Balaban J connectivity index is 2.08. The number of carbonyl (C=O) groups is 3. The molecule has 0 radical (unpaired) electrons. The number of hydrogen-bond acceptors (Lipinski definition) is 4. The normalized spacial score (nSPS) is 16.7. The van der Waals surface area contributed by atoms with Crippen LogP contribution in [0.2, 0.25) is 0 Å². The molecule has 1 atom stereocenters. The van der Waals surface area contributed by atoms with Crippen LogP contribution in [0.4, 0.5) is 0 Å². The molecule has 0 spiro atoms. The molecule has 1 aliphatic heterocycles. The summed E-state index contributed by atoms with van der Waals surface area (Å²) in [6.45, 7) is 3.28. The van der Waals surface area contributed by atoms with Crippen molar-refractivity contribution < 1.29 is 19.1 Å². The zero-order chi connectivity index (χ0) is 27.0. The second-order valence-corrected chi connectivity index (χ2v) is 8.64. The molecule has 2 amide bonds. The minimum absolute atomic E-state index is 0.0929. The Kier molecular flexibility index (Phi) is 18.7. The number of rotatable bonds is 17. The summed E-state index contributed by atoms with van der Waals surface area (Å²) in [6.07, 6.45) is 35.9. The van der Waals surface area contributed by atoms with Crippen LogP contribution in [0.25, 0.3) is 0 Å². The van der Waals surface area contributed by atoms with Crippen LogP contribution in [0, 0.1) is 0 Å². The Bertz CT molecular complexity index is 878. The SMILES string of the molecule is CCC=CCC=CCC=CCC=CCC=CCC=CCCC(=O)N1CC[C@H](NC(=O)C=CC(=O)OC)C1. The Morgan fingerprint density at radius 2 is 1.30 bits per heavy atom. The van der Waals surface area contributed by atoms with Gasteiger partial charge in [0, 0.05) is 37.7 Å². The van der Waals surface area contributed by atoms with Gasteiger partial charge in [0.2, 0.25) is 11.8 Å². The highest BCUT2D eigenvalue weighted by molar-refractivity contribution is 5.94. The van der Waals surface area contributed by atoms with Gasteiger partial charge in [0.25, 0.3) is 0 Å². The number of amides is 2. The van der Waals surface area contributed by atoms with Crippen molar-refractivity contribution in [3.8, 4) is 0 Å². The number of ether oxygens (including phenoxy) is 1. The number of hydrogen-bond donors (Lipinski definition) is 1. The van der Waals surface area contributed by atoms with Gasteiger partial charge in [-0.25, -0.2) is 4.79 Å². The molecule has 1 saturated heterocycles. The number of methoxy groups -OCH3 is 1. The fourth-order valence-electron chi connectivity index (χ4n) is 3.57. The zero-order valence-corrected chi connectivity index (χ0v) is 22.5. The van der Waals surface area contributed by atoms with E-state index in [9.17, 15) is 14.4 Å². The standard InChI is InChI=1S/C31H44N2O4/c1-3-4-5-6-7-8-9-10-11-12-13-14-15-16-17-18-19-20-21-22-30(35)33-26-25-28(27-33)32-29(34)23-24-31(36)37-2/h4-5,7-8,10-11,13-14,16-17,19-20,23-24,28H,3,6,9,12,15,18,21-22,25-27H2,1-2H3,(H,32,34)/t28-/m0/s1. The van der Waals surface area contributed by atoms with Crippen LogP contribution in [0.3, 0.4) is 0 Å². The third kappa shape index (κ3) is 17.6. The molecule has 0 bridgehead atoms. The Hall–Kier alpha value is -3.41. The van der Waals surface area contributed by atoms with Crippen LogP contribution in [0.5, 0.6) is 0 Å². The van der Waals surface area contributed by atoms with Crippen molar-refractivity contribution in [1.82, 2.24) is 10.2 Å². The van der Waals surface area contributed by atoms with Gasteiger partial charge < -0.3 is 15.0 Å². The predicted octanol–water partition coefficient (Wildman–Crippen LogP) is 5.91. The monoisotopic (exact) mass is 508 g/mol. The van der Waals surface area contributed by atoms with E-state index in [-0.39, 0.29) is 17.9 Å². The van der Waals surface area contributed by atoms with E-state index in [0.29, 0.717) is 32.4 Å². The average molecular weight is 509 g/mol. The van der Waals surface area contributed by atoms with Gasteiger partial charge in [0.05, 0.1) is 7.11 Å². The van der Waals surface area contributed by atoms with Crippen LogP contribution in [-0.2, 0) is 19.1 Å². The van der Waals surface area contributed by atoms with Crippen molar-refractivity contribution in [3.63, 3.8) is 0 Å². The second kappa shape index (κ2) is 21.8. The molecule has 37 heavy (non-hydrogen) atoms. The van der Waals surface area contributed by atoms with Gasteiger partial charge in [0.15, 0.2) is 0 Å².